The number of ether oxygens (including phenoxy) is 2. The van der Waals surface area contributed by atoms with Crippen molar-refractivity contribution in [3.8, 4) is 11.5 Å². The van der Waals surface area contributed by atoms with Gasteiger partial charge in [-0.25, -0.2) is 19.2 Å². The number of benzene rings is 1. The maximum absolute atomic E-state index is 14.4. The standard InChI is InChI=1S/C21H24BrFN4O3/c1-29-18-10-14-17(11-19(18)30-8-4-2-3-5-20(24)28)25-12-26-21(14)27-16-7-6-13(22)9-15(16)23/h6-7,10-12,15H,2-5,8-9H2,1H3,(H2,24,28)(H,25,26,27)/p+1. The van der Waals surface area contributed by atoms with E-state index >= 15 is 0 Å². The SMILES string of the molecule is COc1cc2c(NC3=CC=C(Br)CC3F)ncnc2cc1OCCCCCC([NH3+])=O. The fourth-order valence-corrected chi connectivity index (χ4v) is 3.53. The number of halogens is 2. The molecule has 0 bridgehead atoms. The first-order valence-corrected chi connectivity index (χ1v) is 10.5. The molecule has 1 heterocycles. The highest BCUT2D eigenvalue weighted by Gasteiger charge is 2.19. The number of amides is 1. The Kier molecular flexibility index (Phi) is 7.75. The number of anilines is 1. The van der Waals surface area contributed by atoms with Crippen molar-refractivity contribution in [2.45, 2.75) is 38.3 Å². The highest BCUT2D eigenvalue weighted by atomic mass is 79.9. The molecule has 0 saturated carbocycles. The largest absolute Gasteiger partial charge is 0.493 e. The minimum Gasteiger partial charge on any atom is -0.493 e. The highest BCUT2D eigenvalue weighted by Crippen LogP contribution is 2.35. The number of nitrogens with zero attached hydrogens (tertiary/aromatic N) is 2. The molecule has 9 heteroatoms. The number of carbonyl (C=O) groups is 1. The van der Waals surface area contributed by atoms with Crippen LogP contribution < -0.4 is 20.5 Å². The zero-order valence-corrected chi connectivity index (χ0v) is 18.4. The number of carbonyl (C=O) groups excluding carboxylic acids is 1. The monoisotopic (exact) mass is 479 g/mol. The summed E-state index contributed by atoms with van der Waals surface area (Å²) in [5.41, 5.74) is 4.48. The maximum atomic E-state index is 14.4. The average molecular weight is 480 g/mol. The lowest BCUT2D eigenvalue weighted by Crippen LogP contribution is -2.56. The van der Waals surface area contributed by atoms with Crippen LogP contribution in [-0.4, -0.2) is 35.8 Å². The van der Waals surface area contributed by atoms with Gasteiger partial charge in [-0.2, -0.15) is 0 Å². The molecule has 0 aliphatic heterocycles. The van der Waals surface area contributed by atoms with Crippen molar-refractivity contribution in [2.75, 3.05) is 19.0 Å². The van der Waals surface area contributed by atoms with Crippen LogP contribution in [0.1, 0.15) is 32.1 Å². The number of unbranched alkanes of at least 4 members (excludes halogenated alkanes) is 2. The molecule has 30 heavy (non-hydrogen) atoms. The normalized spacial score (nSPS) is 16.1. The first kappa shape index (κ1) is 22.2. The smallest absolute Gasteiger partial charge is 0.308 e. The molecule has 1 aliphatic carbocycles. The number of quaternary nitrogens is 1. The van der Waals surface area contributed by atoms with Crippen molar-refractivity contribution in [3.63, 3.8) is 0 Å². The van der Waals surface area contributed by atoms with Gasteiger partial charge in [0.1, 0.15) is 18.3 Å². The molecule has 1 amide bonds. The average Bonchev–Trinajstić information content (AvgIpc) is 2.72. The van der Waals surface area contributed by atoms with E-state index in [-0.39, 0.29) is 12.3 Å². The molecule has 7 nitrogen and oxygen atoms in total. The number of hydrogen-bond donors (Lipinski definition) is 2. The van der Waals surface area contributed by atoms with E-state index < -0.39 is 6.17 Å². The molecular formula is C21H25BrFN4O3+. The summed E-state index contributed by atoms with van der Waals surface area (Å²) in [6.07, 6.45) is 7.10. The zero-order valence-electron chi connectivity index (χ0n) is 16.8. The maximum Gasteiger partial charge on any atom is 0.308 e. The van der Waals surface area contributed by atoms with Gasteiger partial charge in [-0.15, -0.1) is 0 Å². The summed E-state index contributed by atoms with van der Waals surface area (Å²) in [6.45, 7) is 0.501. The minimum absolute atomic E-state index is 0.0389. The van der Waals surface area contributed by atoms with E-state index in [1.54, 1.807) is 25.3 Å². The Balaban J connectivity index is 1.74. The van der Waals surface area contributed by atoms with Gasteiger partial charge in [0.05, 0.1) is 31.4 Å². The topological polar surface area (TPSA) is 101 Å². The molecule has 1 atom stereocenters. The molecule has 0 spiro atoms. The lowest BCUT2D eigenvalue weighted by molar-refractivity contribution is -0.305. The number of allylic oxidation sites excluding steroid dienone is 4. The molecule has 4 N–H and O–H groups in total. The second-order valence-electron chi connectivity index (χ2n) is 6.97. The predicted molar refractivity (Wildman–Crippen MR) is 116 cm³/mol. The predicted octanol–water partition coefficient (Wildman–Crippen LogP) is 3.66. The molecule has 2 aromatic rings. The first-order chi connectivity index (χ1) is 14.5. The Morgan fingerprint density at radius 2 is 2.10 bits per heavy atom. The Morgan fingerprint density at radius 1 is 1.27 bits per heavy atom. The number of rotatable bonds is 10. The van der Waals surface area contributed by atoms with E-state index in [4.69, 9.17) is 9.47 Å². The van der Waals surface area contributed by atoms with Crippen LogP contribution in [0.2, 0.25) is 0 Å². The molecule has 160 valence electrons. The highest BCUT2D eigenvalue weighted by molar-refractivity contribution is 9.11. The quantitative estimate of drug-likeness (QED) is 0.504. The van der Waals surface area contributed by atoms with Crippen LogP contribution in [0.15, 0.2) is 40.8 Å². The molecule has 0 radical (unpaired) electrons. The summed E-state index contributed by atoms with van der Waals surface area (Å²) in [4.78, 5) is 19.5. The van der Waals surface area contributed by atoms with Crippen molar-refractivity contribution in [1.29, 1.82) is 0 Å². The lowest BCUT2D eigenvalue weighted by Gasteiger charge is -2.19. The van der Waals surface area contributed by atoms with Gasteiger partial charge < -0.3 is 14.8 Å². The first-order valence-electron chi connectivity index (χ1n) is 9.75. The van der Waals surface area contributed by atoms with Gasteiger partial charge in [-0.3, -0.25) is 5.73 Å². The van der Waals surface area contributed by atoms with Crippen LogP contribution in [0.25, 0.3) is 10.9 Å². The summed E-state index contributed by atoms with van der Waals surface area (Å²) < 4.78 is 26.5. The third-order valence-corrected chi connectivity index (χ3v) is 5.28. The van der Waals surface area contributed by atoms with E-state index in [1.165, 1.54) is 6.33 Å². The van der Waals surface area contributed by atoms with Gasteiger partial charge in [-0.05, 0) is 35.9 Å². The van der Waals surface area contributed by atoms with E-state index in [9.17, 15) is 9.18 Å². The number of hydrogen-bond acceptors (Lipinski definition) is 6. The molecule has 1 aliphatic rings. The minimum atomic E-state index is -1.14. The van der Waals surface area contributed by atoms with Crippen molar-refractivity contribution in [2.24, 2.45) is 0 Å². The molecular weight excluding hydrogens is 455 g/mol. The van der Waals surface area contributed by atoms with E-state index in [2.05, 4.69) is 36.9 Å². The van der Waals surface area contributed by atoms with Crippen LogP contribution in [0.3, 0.4) is 0 Å². The molecule has 1 aromatic carbocycles. The van der Waals surface area contributed by atoms with Gasteiger partial charge in [0.15, 0.2) is 11.5 Å². The van der Waals surface area contributed by atoms with E-state index in [1.807, 2.05) is 6.08 Å². The summed E-state index contributed by atoms with van der Waals surface area (Å²) >= 11 is 3.32. The number of nitrogens with one attached hydrogen (secondary N) is 1. The van der Waals surface area contributed by atoms with Crippen LogP contribution in [0.4, 0.5) is 10.2 Å². The number of alkyl halides is 1. The lowest BCUT2D eigenvalue weighted by atomic mass is 10.1. The molecule has 1 unspecified atom stereocenters. The summed E-state index contributed by atoms with van der Waals surface area (Å²) in [5, 5.41) is 3.79. The molecule has 1 aromatic heterocycles. The Bertz CT molecular complexity index is 980. The second kappa shape index (κ2) is 10.5. The third kappa shape index (κ3) is 5.76. The third-order valence-electron chi connectivity index (χ3n) is 4.70. The van der Waals surface area contributed by atoms with Gasteiger partial charge in [0.25, 0.3) is 0 Å². The van der Waals surface area contributed by atoms with E-state index in [0.29, 0.717) is 46.9 Å². The van der Waals surface area contributed by atoms with Gasteiger partial charge in [-0.1, -0.05) is 22.0 Å². The number of methoxy groups -OCH3 is 1. The molecule has 0 fully saturated rings. The number of aromatic nitrogens is 2. The van der Waals surface area contributed by atoms with Crippen molar-refractivity contribution < 1.29 is 24.4 Å². The van der Waals surface area contributed by atoms with Crippen molar-refractivity contribution >= 4 is 38.6 Å². The van der Waals surface area contributed by atoms with Gasteiger partial charge >= 0.3 is 5.91 Å². The fraction of sp³-hybridized carbons (Fsp3) is 0.381. The Labute approximate surface area is 182 Å². The van der Waals surface area contributed by atoms with Crippen LogP contribution in [0, 0.1) is 0 Å². The fourth-order valence-electron chi connectivity index (χ4n) is 3.11. The van der Waals surface area contributed by atoms with Gasteiger partial charge in [0.2, 0.25) is 0 Å². The molecule has 3 rings (SSSR count). The Hall–Kier alpha value is -2.52. The van der Waals surface area contributed by atoms with Crippen LogP contribution in [-0.2, 0) is 4.79 Å². The molecule has 0 saturated heterocycles. The van der Waals surface area contributed by atoms with Crippen molar-refractivity contribution in [1.82, 2.24) is 9.97 Å². The van der Waals surface area contributed by atoms with Crippen molar-refractivity contribution in [3.05, 3.63) is 40.8 Å². The number of fused-ring (bicyclic) bond motifs is 1. The Morgan fingerprint density at radius 3 is 2.83 bits per heavy atom. The van der Waals surface area contributed by atoms with Crippen LogP contribution in [0.5, 0.6) is 11.5 Å². The summed E-state index contributed by atoms with van der Waals surface area (Å²) in [7, 11) is 1.56. The van der Waals surface area contributed by atoms with E-state index in [0.717, 1.165) is 23.7 Å². The van der Waals surface area contributed by atoms with Crippen LogP contribution >= 0.6 is 15.9 Å². The summed E-state index contributed by atoms with van der Waals surface area (Å²) in [6, 6.07) is 3.58. The summed E-state index contributed by atoms with van der Waals surface area (Å²) in [5.74, 6) is 1.59. The second-order valence-corrected chi connectivity index (χ2v) is 7.99. The van der Waals surface area contributed by atoms with Gasteiger partial charge in [0, 0.05) is 17.9 Å². The zero-order chi connectivity index (χ0) is 21.5.